The molecule has 0 aliphatic carbocycles. The zero-order chi connectivity index (χ0) is 18.6. The van der Waals surface area contributed by atoms with Crippen LogP contribution in [0.5, 0.6) is 5.75 Å². The fourth-order valence-corrected chi connectivity index (χ4v) is 2.41. The van der Waals surface area contributed by atoms with E-state index in [-0.39, 0.29) is 34.4 Å². The number of carbonyl (C=O) groups excluding carboxylic acids is 2. The third-order valence-corrected chi connectivity index (χ3v) is 4.10. The summed E-state index contributed by atoms with van der Waals surface area (Å²) < 4.78 is 10.2. The van der Waals surface area contributed by atoms with Gasteiger partial charge in [0.1, 0.15) is 11.3 Å². The Kier molecular flexibility index (Phi) is 6.04. The summed E-state index contributed by atoms with van der Waals surface area (Å²) in [6.07, 6.45) is 0. The minimum atomic E-state index is -0.703. The molecular weight excluding hydrogens is 342 g/mol. The number of benzene rings is 2. The first-order valence-corrected chi connectivity index (χ1v) is 8.14. The Hall–Kier alpha value is -2.53. The summed E-state index contributed by atoms with van der Waals surface area (Å²) >= 11 is 5.93. The van der Waals surface area contributed by atoms with Gasteiger partial charge in [-0.1, -0.05) is 49.7 Å². The average Bonchev–Trinajstić information content (AvgIpc) is 2.61. The van der Waals surface area contributed by atoms with E-state index < -0.39 is 5.97 Å². The number of Topliss-reactive ketones (excluding diaryl/α,β-unsaturated/α-hetero) is 1. The van der Waals surface area contributed by atoms with Gasteiger partial charge < -0.3 is 15.2 Å². The lowest BCUT2D eigenvalue weighted by Crippen LogP contribution is -2.15. The van der Waals surface area contributed by atoms with Crippen molar-refractivity contribution in [3.8, 4) is 5.75 Å². The van der Waals surface area contributed by atoms with E-state index in [9.17, 15) is 9.59 Å². The number of halogens is 1. The van der Waals surface area contributed by atoms with Crippen molar-refractivity contribution in [2.45, 2.75) is 19.8 Å². The molecule has 0 fully saturated rings. The van der Waals surface area contributed by atoms with Crippen molar-refractivity contribution in [2.75, 3.05) is 19.5 Å². The molecule has 25 heavy (non-hydrogen) atoms. The lowest BCUT2D eigenvalue weighted by molar-refractivity contribution is 0.0471. The molecule has 0 saturated carbocycles. The van der Waals surface area contributed by atoms with Crippen LogP contribution in [0.15, 0.2) is 36.4 Å². The van der Waals surface area contributed by atoms with Crippen LogP contribution in [-0.4, -0.2) is 25.5 Å². The van der Waals surface area contributed by atoms with E-state index in [0.717, 1.165) is 5.56 Å². The summed E-state index contributed by atoms with van der Waals surface area (Å²) in [6, 6.07) is 10.0. The molecule has 2 aromatic carbocycles. The molecule has 0 amide bonds. The highest BCUT2D eigenvalue weighted by Crippen LogP contribution is 2.29. The van der Waals surface area contributed by atoms with Gasteiger partial charge in [-0.25, -0.2) is 4.79 Å². The lowest BCUT2D eigenvalue weighted by Gasteiger charge is -2.11. The van der Waals surface area contributed by atoms with Gasteiger partial charge in [-0.05, 0) is 17.5 Å². The van der Waals surface area contributed by atoms with Gasteiger partial charge in [0.2, 0.25) is 0 Å². The van der Waals surface area contributed by atoms with Crippen molar-refractivity contribution in [2.24, 2.45) is 0 Å². The Morgan fingerprint density at radius 2 is 1.80 bits per heavy atom. The molecule has 132 valence electrons. The first-order valence-electron chi connectivity index (χ1n) is 7.76. The molecule has 0 saturated heterocycles. The van der Waals surface area contributed by atoms with E-state index in [1.54, 1.807) is 12.1 Å². The van der Waals surface area contributed by atoms with E-state index in [1.807, 2.05) is 12.1 Å². The fourth-order valence-electron chi connectivity index (χ4n) is 2.24. The third kappa shape index (κ3) is 4.51. The van der Waals surface area contributed by atoms with Crippen LogP contribution in [-0.2, 0) is 4.74 Å². The molecule has 0 spiro atoms. The largest absolute Gasteiger partial charge is 0.496 e. The quantitative estimate of drug-likeness (QED) is 0.476. The Morgan fingerprint density at radius 3 is 2.36 bits per heavy atom. The van der Waals surface area contributed by atoms with E-state index in [4.69, 9.17) is 26.8 Å². The van der Waals surface area contributed by atoms with Crippen LogP contribution in [0.4, 0.5) is 5.69 Å². The summed E-state index contributed by atoms with van der Waals surface area (Å²) in [7, 11) is 1.40. The Morgan fingerprint density at radius 1 is 1.16 bits per heavy atom. The molecule has 0 aromatic heterocycles. The summed E-state index contributed by atoms with van der Waals surface area (Å²) in [5.41, 5.74) is 7.70. The van der Waals surface area contributed by atoms with Gasteiger partial charge in [0.25, 0.3) is 0 Å². The van der Waals surface area contributed by atoms with Crippen molar-refractivity contribution in [1.29, 1.82) is 0 Å². The second-order valence-electron chi connectivity index (χ2n) is 5.85. The van der Waals surface area contributed by atoms with Crippen molar-refractivity contribution in [1.82, 2.24) is 0 Å². The number of hydrogen-bond donors (Lipinski definition) is 1. The number of methoxy groups -OCH3 is 1. The van der Waals surface area contributed by atoms with E-state index >= 15 is 0 Å². The predicted octanol–water partition coefficient (Wildman–Crippen LogP) is 4.09. The summed E-state index contributed by atoms with van der Waals surface area (Å²) in [5.74, 6) is -0.375. The maximum Gasteiger partial charge on any atom is 0.342 e. The number of ketones is 1. The van der Waals surface area contributed by atoms with Gasteiger partial charge in [-0.2, -0.15) is 0 Å². The maximum atomic E-state index is 12.2. The minimum absolute atomic E-state index is 0.115. The van der Waals surface area contributed by atoms with Crippen molar-refractivity contribution >= 4 is 29.0 Å². The zero-order valence-electron chi connectivity index (χ0n) is 14.3. The summed E-state index contributed by atoms with van der Waals surface area (Å²) in [6.45, 7) is 3.78. The smallest absolute Gasteiger partial charge is 0.342 e. The van der Waals surface area contributed by atoms with Gasteiger partial charge in [-0.3, -0.25) is 4.79 Å². The summed E-state index contributed by atoms with van der Waals surface area (Å²) in [4.78, 5) is 24.4. The van der Waals surface area contributed by atoms with Crippen LogP contribution in [0, 0.1) is 0 Å². The number of nitrogens with two attached hydrogens (primary N) is 1. The second-order valence-corrected chi connectivity index (χ2v) is 6.26. The van der Waals surface area contributed by atoms with E-state index in [2.05, 4.69) is 13.8 Å². The van der Waals surface area contributed by atoms with Gasteiger partial charge in [0, 0.05) is 11.6 Å². The van der Waals surface area contributed by atoms with Crippen LogP contribution in [0.1, 0.15) is 46.0 Å². The van der Waals surface area contributed by atoms with Crippen molar-refractivity contribution < 1.29 is 19.1 Å². The van der Waals surface area contributed by atoms with E-state index in [0.29, 0.717) is 11.5 Å². The highest BCUT2D eigenvalue weighted by Gasteiger charge is 2.18. The van der Waals surface area contributed by atoms with Gasteiger partial charge >= 0.3 is 5.97 Å². The molecule has 0 atom stereocenters. The maximum absolute atomic E-state index is 12.2. The molecular formula is C19H20ClNO4. The first kappa shape index (κ1) is 18.8. The Bertz CT molecular complexity index is 785. The Balaban J connectivity index is 2.07. The Labute approximate surface area is 151 Å². The van der Waals surface area contributed by atoms with E-state index in [1.165, 1.54) is 19.2 Å². The summed E-state index contributed by atoms with van der Waals surface area (Å²) in [5, 5.41) is 0.211. The number of rotatable bonds is 6. The molecule has 2 rings (SSSR count). The monoisotopic (exact) mass is 361 g/mol. The standard InChI is InChI=1S/C19H20ClNO4/c1-11(2)12-4-6-13(7-5-12)17(22)10-25-19(23)14-8-15(20)16(21)9-18(14)24-3/h4-9,11H,10,21H2,1-3H3. The zero-order valence-corrected chi connectivity index (χ0v) is 15.1. The number of anilines is 1. The third-order valence-electron chi connectivity index (χ3n) is 3.77. The molecule has 0 radical (unpaired) electrons. The number of carbonyl (C=O) groups is 2. The SMILES string of the molecule is COc1cc(N)c(Cl)cc1C(=O)OCC(=O)c1ccc(C(C)C)cc1. The molecule has 6 heteroatoms. The highest BCUT2D eigenvalue weighted by atomic mass is 35.5. The molecule has 0 heterocycles. The van der Waals surface area contributed by atoms with Gasteiger partial charge in [0.05, 0.1) is 17.8 Å². The normalized spacial score (nSPS) is 10.6. The first-order chi connectivity index (χ1) is 11.8. The lowest BCUT2D eigenvalue weighted by atomic mass is 10.0. The van der Waals surface area contributed by atoms with Crippen LogP contribution in [0.25, 0.3) is 0 Å². The van der Waals surface area contributed by atoms with Gasteiger partial charge in [-0.15, -0.1) is 0 Å². The van der Waals surface area contributed by atoms with Crippen molar-refractivity contribution in [3.05, 3.63) is 58.1 Å². The molecule has 2 N–H and O–H groups in total. The number of ether oxygens (including phenoxy) is 2. The van der Waals surface area contributed by atoms with Crippen LogP contribution in [0.2, 0.25) is 5.02 Å². The minimum Gasteiger partial charge on any atom is -0.496 e. The molecule has 5 nitrogen and oxygen atoms in total. The average molecular weight is 362 g/mol. The topological polar surface area (TPSA) is 78.6 Å². The molecule has 0 aliphatic rings. The van der Waals surface area contributed by atoms with Crippen LogP contribution < -0.4 is 10.5 Å². The van der Waals surface area contributed by atoms with Crippen LogP contribution >= 0.6 is 11.6 Å². The van der Waals surface area contributed by atoms with Crippen molar-refractivity contribution in [3.63, 3.8) is 0 Å². The predicted molar refractivity (Wildman–Crippen MR) is 97.6 cm³/mol. The number of nitrogen functional groups attached to an aromatic ring is 1. The molecule has 0 aliphatic heterocycles. The fraction of sp³-hybridized carbons (Fsp3) is 0.263. The highest BCUT2D eigenvalue weighted by molar-refractivity contribution is 6.33. The second kappa shape index (κ2) is 8.03. The number of hydrogen-bond acceptors (Lipinski definition) is 5. The number of esters is 1. The van der Waals surface area contributed by atoms with Crippen LogP contribution in [0.3, 0.4) is 0 Å². The molecule has 2 aromatic rings. The molecule has 0 bridgehead atoms. The van der Waals surface area contributed by atoms with Gasteiger partial charge in [0.15, 0.2) is 12.4 Å². The molecule has 0 unspecified atom stereocenters.